The zero-order valence-electron chi connectivity index (χ0n) is 13.1. The molecule has 0 bridgehead atoms. The van der Waals surface area contributed by atoms with Gasteiger partial charge in [0.2, 0.25) is 0 Å². The highest BCUT2D eigenvalue weighted by molar-refractivity contribution is 14.0. The summed E-state index contributed by atoms with van der Waals surface area (Å²) in [5.41, 5.74) is 2.58. The van der Waals surface area contributed by atoms with Crippen molar-refractivity contribution in [2.24, 2.45) is 10.9 Å². The minimum absolute atomic E-state index is 0. The lowest BCUT2D eigenvalue weighted by atomic mass is 10.2. The van der Waals surface area contributed by atoms with Gasteiger partial charge in [-0.1, -0.05) is 24.3 Å². The van der Waals surface area contributed by atoms with Crippen LogP contribution in [0, 0.1) is 5.92 Å². The minimum Gasteiger partial charge on any atom is -0.364 e. The van der Waals surface area contributed by atoms with Gasteiger partial charge in [0.25, 0.3) is 0 Å². The van der Waals surface area contributed by atoms with Crippen LogP contribution in [0.4, 0.5) is 5.69 Å². The third-order valence-electron chi connectivity index (χ3n) is 4.03. The number of anilines is 1. The summed E-state index contributed by atoms with van der Waals surface area (Å²) in [7, 11) is 1.83. The smallest absolute Gasteiger partial charge is 0.191 e. The van der Waals surface area contributed by atoms with E-state index >= 15 is 0 Å². The van der Waals surface area contributed by atoms with Crippen LogP contribution in [-0.2, 0) is 6.54 Å². The molecule has 1 heterocycles. The molecule has 2 aliphatic rings. The van der Waals surface area contributed by atoms with E-state index in [0.29, 0.717) is 0 Å². The van der Waals surface area contributed by atoms with E-state index in [1.807, 2.05) is 7.05 Å². The van der Waals surface area contributed by atoms with E-state index in [2.05, 4.69) is 56.9 Å². The van der Waals surface area contributed by atoms with Gasteiger partial charge >= 0.3 is 0 Å². The molecule has 0 unspecified atom stereocenters. The largest absolute Gasteiger partial charge is 0.364 e. The Kier molecular flexibility index (Phi) is 6.54. The van der Waals surface area contributed by atoms with Gasteiger partial charge in [0.15, 0.2) is 5.96 Å². The number of guanidine groups is 1. The van der Waals surface area contributed by atoms with E-state index in [4.69, 9.17) is 0 Å². The van der Waals surface area contributed by atoms with Crippen molar-refractivity contribution in [3.63, 3.8) is 0 Å². The van der Waals surface area contributed by atoms with Crippen molar-refractivity contribution in [3.05, 3.63) is 42.0 Å². The average Bonchev–Trinajstić information content (AvgIpc) is 3.19. The predicted molar refractivity (Wildman–Crippen MR) is 104 cm³/mol. The fraction of sp³-hybridized carbons (Fsp3) is 0.471. The molecule has 0 aromatic heterocycles. The van der Waals surface area contributed by atoms with Crippen LogP contribution in [0.5, 0.6) is 0 Å². The summed E-state index contributed by atoms with van der Waals surface area (Å²) in [6, 6.07) is 8.73. The van der Waals surface area contributed by atoms with Crippen molar-refractivity contribution in [3.8, 4) is 0 Å². The summed E-state index contributed by atoms with van der Waals surface area (Å²) in [6.45, 7) is 3.88. The van der Waals surface area contributed by atoms with Crippen LogP contribution in [0.15, 0.2) is 41.4 Å². The second-order valence-electron chi connectivity index (χ2n) is 5.80. The van der Waals surface area contributed by atoms with Gasteiger partial charge in [0, 0.05) is 38.9 Å². The number of benzene rings is 1. The van der Waals surface area contributed by atoms with Crippen molar-refractivity contribution in [1.29, 1.82) is 0 Å². The molecule has 4 nitrogen and oxygen atoms in total. The Bertz CT molecular complexity index is 529. The van der Waals surface area contributed by atoms with E-state index in [0.717, 1.165) is 38.1 Å². The van der Waals surface area contributed by atoms with Crippen molar-refractivity contribution in [1.82, 2.24) is 10.6 Å². The highest BCUT2D eigenvalue weighted by atomic mass is 127. The van der Waals surface area contributed by atoms with Crippen LogP contribution in [0.1, 0.15) is 18.4 Å². The first-order valence-electron chi connectivity index (χ1n) is 7.78. The fourth-order valence-electron chi connectivity index (χ4n) is 2.52. The molecule has 0 atom stereocenters. The zero-order valence-corrected chi connectivity index (χ0v) is 15.4. The molecule has 3 rings (SSSR count). The highest BCUT2D eigenvalue weighted by Crippen LogP contribution is 2.27. The lowest BCUT2D eigenvalue weighted by Crippen LogP contribution is -2.37. The molecule has 5 heteroatoms. The Morgan fingerprint density at radius 3 is 2.68 bits per heavy atom. The first kappa shape index (κ1) is 17.1. The van der Waals surface area contributed by atoms with Crippen LogP contribution in [0.2, 0.25) is 0 Å². The summed E-state index contributed by atoms with van der Waals surface area (Å²) >= 11 is 0. The molecule has 1 aromatic rings. The third kappa shape index (κ3) is 4.90. The van der Waals surface area contributed by atoms with Gasteiger partial charge in [-0.15, -0.1) is 24.0 Å². The van der Waals surface area contributed by atoms with Gasteiger partial charge in [-0.05, 0) is 36.5 Å². The monoisotopic (exact) mass is 412 g/mol. The molecule has 0 saturated heterocycles. The maximum Gasteiger partial charge on any atom is 0.191 e. The van der Waals surface area contributed by atoms with E-state index in [1.165, 1.54) is 24.1 Å². The van der Waals surface area contributed by atoms with Gasteiger partial charge in [-0.2, -0.15) is 0 Å². The van der Waals surface area contributed by atoms with Crippen LogP contribution < -0.4 is 15.5 Å². The van der Waals surface area contributed by atoms with Crippen molar-refractivity contribution in [2.75, 3.05) is 31.6 Å². The van der Waals surface area contributed by atoms with Gasteiger partial charge in [-0.25, -0.2) is 0 Å². The molecule has 1 fully saturated rings. The zero-order chi connectivity index (χ0) is 14.5. The van der Waals surface area contributed by atoms with Gasteiger partial charge in [-0.3, -0.25) is 4.99 Å². The molecule has 1 aliphatic carbocycles. The molecule has 2 N–H and O–H groups in total. The van der Waals surface area contributed by atoms with Gasteiger partial charge < -0.3 is 15.5 Å². The molecule has 0 amide bonds. The molecule has 1 saturated carbocycles. The molecule has 0 spiro atoms. The molecular formula is C17H25IN4. The van der Waals surface area contributed by atoms with Crippen LogP contribution in [0.25, 0.3) is 0 Å². The second-order valence-corrected chi connectivity index (χ2v) is 5.80. The first-order chi connectivity index (χ1) is 10.3. The van der Waals surface area contributed by atoms with Crippen LogP contribution in [0.3, 0.4) is 0 Å². The lowest BCUT2D eigenvalue weighted by Gasteiger charge is -2.19. The second kappa shape index (κ2) is 8.41. The van der Waals surface area contributed by atoms with Crippen LogP contribution in [-0.4, -0.2) is 32.6 Å². The number of rotatable bonds is 5. The number of aliphatic imine (C=N–C) groups is 1. The van der Waals surface area contributed by atoms with E-state index < -0.39 is 0 Å². The van der Waals surface area contributed by atoms with Gasteiger partial charge in [0.1, 0.15) is 0 Å². The molecular weight excluding hydrogens is 387 g/mol. The quantitative estimate of drug-likeness (QED) is 0.338. The Balaban J connectivity index is 0.00000176. The SMILES string of the molecule is CN=C(NCc1cccc(N2CC=CC2)c1)NCC1CC1.I. The maximum absolute atomic E-state index is 4.28. The lowest BCUT2D eigenvalue weighted by molar-refractivity contribution is 0.737. The average molecular weight is 412 g/mol. The van der Waals surface area contributed by atoms with Crippen molar-refractivity contribution >= 4 is 35.6 Å². The van der Waals surface area contributed by atoms with E-state index in [-0.39, 0.29) is 24.0 Å². The molecule has 1 aromatic carbocycles. The normalized spacial score (nSPS) is 17.3. The fourth-order valence-corrected chi connectivity index (χ4v) is 2.52. The topological polar surface area (TPSA) is 39.7 Å². The number of nitrogens with zero attached hydrogens (tertiary/aromatic N) is 2. The third-order valence-corrected chi connectivity index (χ3v) is 4.03. The Morgan fingerprint density at radius 1 is 1.23 bits per heavy atom. The van der Waals surface area contributed by atoms with Crippen LogP contribution >= 0.6 is 24.0 Å². The minimum atomic E-state index is 0. The number of hydrogen-bond donors (Lipinski definition) is 2. The number of halogens is 1. The Morgan fingerprint density at radius 2 is 2.00 bits per heavy atom. The molecule has 0 radical (unpaired) electrons. The summed E-state index contributed by atoms with van der Waals surface area (Å²) in [6.07, 6.45) is 7.15. The first-order valence-corrected chi connectivity index (χ1v) is 7.78. The van der Waals surface area contributed by atoms with Crippen molar-refractivity contribution < 1.29 is 0 Å². The highest BCUT2D eigenvalue weighted by Gasteiger charge is 2.21. The summed E-state index contributed by atoms with van der Waals surface area (Å²) in [4.78, 5) is 6.64. The van der Waals surface area contributed by atoms with Gasteiger partial charge in [0.05, 0.1) is 0 Å². The summed E-state index contributed by atoms with van der Waals surface area (Å²) < 4.78 is 0. The molecule has 120 valence electrons. The standard InChI is InChI=1S/C17H24N4.HI/c1-18-17(19-12-14-7-8-14)20-13-15-5-4-6-16(11-15)21-9-2-3-10-21;/h2-6,11,14H,7-10,12-13H2,1H3,(H2,18,19,20);1H. The number of nitrogens with one attached hydrogen (secondary N) is 2. The maximum atomic E-state index is 4.28. The van der Waals surface area contributed by atoms with Crippen molar-refractivity contribution in [2.45, 2.75) is 19.4 Å². The van der Waals surface area contributed by atoms with E-state index in [9.17, 15) is 0 Å². The summed E-state index contributed by atoms with van der Waals surface area (Å²) in [5.74, 6) is 1.75. The molecule has 22 heavy (non-hydrogen) atoms. The Hall–Kier alpha value is -1.24. The predicted octanol–water partition coefficient (Wildman–Crippen LogP) is 2.76. The number of hydrogen-bond acceptors (Lipinski definition) is 2. The van der Waals surface area contributed by atoms with E-state index in [1.54, 1.807) is 0 Å². The Labute approximate surface area is 150 Å². The summed E-state index contributed by atoms with van der Waals surface area (Å²) in [5, 5.41) is 6.78. The molecule has 1 aliphatic heterocycles.